The SMILES string of the molecule is CC.Cc1cc2c(c(NC(=O)NS(=O)(=O)c3cc(OC4CC4)cnn3)c1-c1ccnc(/C=C\N)c1)CCC2.[HH].[HH]. The van der Waals surface area contributed by atoms with Gasteiger partial charge in [-0.25, -0.2) is 9.52 Å². The molecular weight excluding hydrogens is 504 g/mol. The van der Waals surface area contributed by atoms with Crippen LogP contribution in [0.2, 0.25) is 0 Å². The van der Waals surface area contributed by atoms with E-state index < -0.39 is 21.1 Å². The maximum absolute atomic E-state index is 13.0. The summed E-state index contributed by atoms with van der Waals surface area (Å²) in [6, 6.07) is 6.21. The molecule has 0 spiro atoms. The number of sulfonamides is 1. The van der Waals surface area contributed by atoms with Crippen molar-refractivity contribution in [3.8, 4) is 16.9 Å². The fourth-order valence-electron chi connectivity index (χ4n) is 4.41. The molecule has 1 fully saturated rings. The highest BCUT2D eigenvalue weighted by molar-refractivity contribution is 7.90. The Morgan fingerprint density at radius 2 is 2.00 bits per heavy atom. The number of nitrogens with two attached hydrogens (primary N) is 1. The largest absolute Gasteiger partial charge is 0.489 e. The third kappa shape index (κ3) is 6.10. The number of ether oxygens (including phenoxy) is 1. The zero-order valence-electron chi connectivity index (χ0n) is 21.7. The lowest BCUT2D eigenvalue weighted by molar-refractivity contribution is 0.256. The van der Waals surface area contributed by atoms with E-state index in [1.165, 1.54) is 18.5 Å². The monoisotopic (exact) mass is 540 g/mol. The minimum absolute atomic E-state index is 0. The van der Waals surface area contributed by atoms with Gasteiger partial charge in [-0.3, -0.25) is 4.98 Å². The van der Waals surface area contributed by atoms with Crippen LogP contribution in [-0.4, -0.2) is 35.7 Å². The van der Waals surface area contributed by atoms with Crippen LogP contribution in [0.25, 0.3) is 17.2 Å². The number of anilines is 1. The number of urea groups is 1. The predicted molar refractivity (Wildman–Crippen MR) is 150 cm³/mol. The predicted octanol–water partition coefficient (Wildman–Crippen LogP) is 4.83. The molecule has 0 saturated heterocycles. The van der Waals surface area contributed by atoms with Crippen molar-refractivity contribution in [3.63, 3.8) is 0 Å². The number of nitrogens with zero attached hydrogens (tertiary/aromatic N) is 3. The lowest BCUT2D eigenvalue weighted by atomic mass is 9.93. The fraction of sp³-hybridized carbons (Fsp3) is 0.333. The van der Waals surface area contributed by atoms with Crippen molar-refractivity contribution in [2.45, 2.75) is 64.0 Å². The topological polar surface area (TPSA) is 149 Å². The number of carbonyl (C=O) groups excluding carboxylic acids is 1. The van der Waals surface area contributed by atoms with Gasteiger partial charge in [0.05, 0.1) is 23.7 Å². The minimum atomic E-state index is -4.28. The van der Waals surface area contributed by atoms with E-state index in [4.69, 9.17) is 10.5 Å². The number of fused-ring (bicyclic) bond motifs is 1. The number of aryl methyl sites for hydroxylation is 2. The van der Waals surface area contributed by atoms with E-state index in [1.807, 2.05) is 32.9 Å². The molecule has 0 aliphatic heterocycles. The molecule has 204 valence electrons. The summed E-state index contributed by atoms with van der Waals surface area (Å²) in [7, 11) is -4.28. The lowest BCUT2D eigenvalue weighted by Crippen LogP contribution is -2.35. The van der Waals surface area contributed by atoms with Gasteiger partial charge in [-0.1, -0.05) is 19.9 Å². The Morgan fingerprint density at radius 3 is 2.74 bits per heavy atom. The first-order chi connectivity index (χ1) is 18.3. The molecule has 11 heteroatoms. The smallest absolute Gasteiger partial charge is 0.333 e. The maximum Gasteiger partial charge on any atom is 0.333 e. The van der Waals surface area contributed by atoms with E-state index in [0.29, 0.717) is 17.1 Å². The highest BCUT2D eigenvalue weighted by atomic mass is 32.2. The molecule has 5 rings (SSSR count). The Bertz CT molecular complexity index is 1480. The molecule has 38 heavy (non-hydrogen) atoms. The van der Waals surface area contributed by atoms with Crippen molar-refractivity contribution in [1.82, 2.24) is 19.9 Å². The molecule has 1 aromatic carbocycles. The number of rotatable bonds is 7. The van der Waals surface area contributed by atoms with Crippen LogP contribution in [0.5, 0.6) is 5.75 Å². The second-order valence-corrected chi connectivity index (χ2v) is 10.5. The van der Waals surface area contributed by atoms with Crippen molar-refractivity contribution < 1.29 is 20.8 Å². The van der Waals surface area contributed by atoms with Gasteiger partial charge in [0, 0.05) is 20.7 Å². The number of hydrogen-bond donors (Lipinski definition) is 3. The van der Waals surface area contributed by atoms with E-state index in [-0.39, 0.29) is 8.96 Å². The number of amides is 2. The summed E-state index contributed by atoms with van der Waals surface area (Å²) >= 11 is 0. The third-order valence-electron chi connectivity index (χ3n) is 6.11. The average molecular weight is 541 g/mol. The summed E-state index contributed by atoms with van der Waals surface area (Å²) in [4.78, 5) is 17.3. The van der Waals surface area contributed by atoms with Crippen LogP contribution < -0.4 is 20.5 Å². The van der Waals surface area contributed by atoms with E-state index in [0.717, 1.165) is 59.9 Å². The molecule has 2 aliphatic rings. The van der Waals surface area contributed by atoms with Crippen molar-refractivity contribution in [2.24, 2.45) is 5.73 Å². The summed E-state index contributed by atoms with van der Waals surface area (Å²) in [5, 5.41) is 9.81. The first kappa shape index (κ1) is 27.1. The van der Waals surface area contributed by atoms with Crippen molar-refractivity contribution in [3.05, 3.63) is 65.2 Å². The summed E-state index contributed by atoms with van der Waals surface area (Å²) in [6.07, 6.45) is 10.6. The van der Waals surface area contributed by atoms with Crippen molar-refractivity contribution in [1.29, 1.82) is 0 Å². The molecular formula is C27H36N6O4S. The molecule has 0 radical (unpaired) electrons. The Labute approximate surface area is 225 Å². The van der Waals surface area contributed by atoms with Crippen LogP contribution in [0.15, 0.2) is 47.9 Å². The van der Waals surface area contributed by atoms with E-state index in [2.05, 4.69) is 31.3 Å². The quantitative estimate of drug-likeness (QED) is 0.386. The molecule has 3 aromatic rings. The number of carbonyl (C=O) groups is 1. The number of aromatic nitrogens is 3. The van der Waals surface area contributed by atoms with E-state index in [1.54, 1.807) is 12.3 Å². The van der Waals surface area contributed by atoms with Gasteiger partial charge in [0.1, 0.15) is 5.75 Å². The molecule has 2 aromatic heterocycles. The maximum atomic E-state index is 13.0. The Morgan fingerprint density at radius 1 is 1.21 bits per heavy atom. The minimum Gasteiger partial charge on any atom is -0.489 e. The Balaban J connectivity index is 0.00000137. The fourth-order valence-corrected chi connectivity index (χ4v) is 5.24. The van der Waals surface area contributed by atoms with Gasteiger partial charge >= 0.3 is 6.03 Å². The molecule has 1 saturated carbocycles. The molecule has 4 N–H and O–H groups in total. The summed E-state index contributed by atoms with van der Waals surface area (Å²) < 4.78 is 33.5. The zero-order valence-corrected chi connectivity index (χ0v) is 22.5. The summed E-state index contributed by atoms with van der Waals surface area (Å²) in [5.74, 6) is 0.298. The number of benzene rings is 1. The molecule has 0 bridgehead atoms. The zero-order chi connectivity index (χ0) is 27.3. The van der Waals surface area contributed by atoms with Gasteiger partial charge in [0.2, 0.25) is 5.03 Å². The second kappa shape index (κ2) is 11.6. The van der Waals surface area contributed by atoms with Crippen molar-refractivity contribution in [2.75, 3.05) is 5.32 Å². The molecule has 2 aliphatic carbocycles. The van der Waals surface area contributed by atoms with Gasteiger partial charge < -0.3 is 15.8 Å². The summed E-state index contributed by atoms with van der Waals surface area (Å²) in [5.41, 5.74) is 11.5. The van der Waals surface area contributed by atoms with E-state index >= 15 is 0 Å². The second-order valence-electron chi connectivity index (χ2n) is 8.87. The van der Waals surface area contributed by atoms with Crippen LogP contribution in [0.3, 0.4) is 0 Å². The Kier molecular flexibility index (Phi) is 8.26. The van der Waals surface area contributed by atoms with Gasteiger partial charge in [-0.15, -0.1) is 5.10 Å². The van der Waals surface area contributed by atoms with Crippen molar-refractivity contribution >= 4 is 27.8 Å². The molecule has 10 nitrogen and oxygen atoms in total. The first-order valence-electron chi connectivity index (χ1n) is 12.7. The van der Waals surface area contributed by atoms with E-state index in [9.17, 15) is 13.2 Å². The third-order valence-corrected chi connectivity index (χ3v) is 7.31. The summed E-state index contributed by atoms with van der Waals surface area (Å²) in [6.45, 7) is 5.97. The molecule has 2 heterocycles. The van der Waals surface area contributed by atoms with Gasteiger partial charge in [-0.05, 0) is 85.7 Å². The number of hydrogen-bond acceptors (Lipinski definition) is 8. The standard InChI is InChI=1S/C25H26N6O4S.C2H6.2H2/c1-15-11-16-3-2-4-21(16)24(23(15)17-8-10-27-18(12-17)7-9-26)29-25(32)31-36(33,34)22-13-20(14-28-30-22)35-19-5-6-19;1-2;;/h7-14,19H,2-6,26H2,1H3,(H2,29,31,32);1-2H3;2*1H/b9-7-;;;. The highest BCUT2D eigenvalue weighted by Gasteiger charge is 2.27. The molecule has 2 amide bonds. The lowest BCUT2D eigenvalue weighted by Gasteiger charge is -2.19. The van der Waals surface area contributed by atoms with Crippen LogP contribution in [0.4, 0.5) is 10.5 Å². The molecule has 0 atom stereocenters. The van der Waals surface area contributed by atoms with Crippen LogP contribution in [-0.2, 0) is 22.9 Å². The van der Waals surface area contributed by atoms with Gasteiger partial charge in [0.15, 0.2) is 0 Å². The number of nitrogens with one attached hydrogen (secondary N) is 2. The highest BCUT2D eigenvalue weighted by Crippen LogP contribution is 2.40. The molecule has 0 unspecified atom stereocenters. The number of pyridine rings is 1. The Hall–Kier alpha value is -3.99. The normalized spacial score (nSPS) is 14.4. The van der Waals surface area contributed by atoms with Crippen LogP contribution in [0, 0.1) is 6.92 Å². The van der Waals surface area contributed by atoms with Crippen LogP contribution in [0.1, 0.15) is 58.3 Å². The van der Waals surface area contributed by atoms with Crippen LogP contribution >= 0.6 is 0 Å². The average Bonchev–Trinajstić information content (AvgIpc) is 3.58. The van der Waals surface area contributed by atoms with Gasteiger partial charge in [0.25, 0.3) is 10.0 Å². The first-order valence-corrected chi connectivity index (χ1v) is 14.2. The van der Waals surface area contributed by atoms with Gasteiger partial charge in [-0.2, -0.15) is 13.5 Å².